The molecule has 4 atom stereocenters. The van der Waals surface area contributed by atoms with Gasteiger partial charge in [0.25, 0.3) is 0 Å². The molecule has 0 heterocycles. The maximum absolute atomic E-state index is 6.26. The average Bonchev–Trinajstić information content (AvgIpc) is 2.34. The lowest BCUT2D eigenvalue weighted by Crippen LogP contribution is -2.40. The molecule has 0 bridgehead atoms. The zero-order chi connectivity index (χ0) is 13.1. The van der Waals surface area contributed by atoms with Crippen LogP contribution in [0.25, 0.3) is 0 Å². The van der Waals surface area contributed by atoms with E-state index in [4.69, 9.17) is 11.6 Å². The Kier molecular flexibility index (Phi) is 4.69. The van der Waals surface area contributed by atoms with Crippen molar-refractivity contribution < 1.29 is 0 Å². The number of rotatable bonds is 3. The van der Waals surface area contributed by atoms with Gasteiger partial charge in [0.1, 0.15) is 0 Å². The molecule has 0 aromatic heterocycles. The molecule has 1 aromatic rings. The second kappa shape index (κ2) is 6.08. The topological polar surface area (TPSA) is 12.0 Å². The SMILES string of the molecule is CC1CCC(C)C(N[C@H](C)c2ccccc2Cl)C1. The van der Waals surface area contributed by atoms with Crippen molar-refractivity contribution in [2.24, 2.45) is 11.8 Å². The lowest BCUT2D eigenvalue weighted by molar-refractivity contribution is 0.216. The van der Waals surface area contributed by atoms with Crippen LogP contribution in [0.3, 0.4) is 0 Å². The largest absolute Gasteiger partial charge is 0.307 e. The number of hydrogen-bond acceptors (Lipinski definition) is 1. The molecule has 18 heavy (non-hydrogen) atoms. The van der Waals surface area contributed by atoms with Crippen molar-refractivity contribution >= 4 is 11.6 Å². The third kappa shape index (κ3) is 3.27. The van der Waals surface area contributed by atoms with Gasteiger partial charge in [0.05, 0.1) is 0 Å². The monoisotopic (exact) mass is 265 g/mol. The highest BCUT2D eigenvalue weighted by Crippen LogP contribution is 2.31. The minimum atomic E-state index is 0.330. The Morgan fingerprint density at radius 1 is 1.22 bits per heavy atom. The number of halogens is 1. The fraction of sp³-hybridized carbons (Fsp3) is 0.625. The molecule has 0 spiro atoms. The molecule has 0 saturated heterocycles. The van der Waals surface area contributed by atoms with Crippen LogP contribution in [-0.2, 0) is 0 Å². The molecule has 0 amide bonds. The smallest absolute Gasteiger partial charge is 0.0453 e. The molecule has 100 valence electrons. The molecule has 1 aliphatic carbocycles. The van der Waals surface area contributed by atoms with Gasteiger partial charge in [0.15, 0.2) is 0 Å². The van der Waals surface area contributed by atoms with Crippen LogP contribution < -0.4 is 5.32 Å². The number of nitrogens with one attached hydrogen (secondary N) is 1. The molecule has 1 aromatic carbocycles. The van der Waals surface area contributed by atoms with Crippen molar-refractivity contribution in [3.63, 3.8) is 0 Å². The van der Waals surface area contributed by atoms with Crippen LogP contribution in [0.5, 0.6) is 0 Å². The summed E-state index contributed by atoms with van der Waals surface area (Å²) >= 11 is 6.26. The van der Waals surface area contributed by atoms with Gasteiger partial charge in [0.2, 0.25) is 0 Å². The first-order valence-corrected chi connectivity index (χ1v) is 7.46. The van der Waals surface area contributed by atoms with Crippen molar-refractivity contribution in [2.45, 2.75) is 52.1 Å². The average molecular weight is 266 g/mol. The summed E-state index contributed by atoms with van der Waals surface area (Å²) in [4.78, 5) is 0. The second-order valence-electron chi connectivity index (χ2n) is 5.91. The van der Waals surface area contributed by atoms with Gasteiger partial charge >= 0.3 is 0 Å². The number of benzene rings is 1. The molecule has 0 radical (unpaired) electrons. The fourth-order valence-electron chi connectivity index (χ4n) is 3.00. The highest BCUT2D eigenvalue weighted by Gasteiger charge is 2.26. The Labute approximate surface area is 116 Å². The summed E-state index contributed by atoms with van der Waals surface area (Å²) in [5.74, 6) is 1.61. The molecule has 1 nitrogen and oxygen atoms in total. The van der Waals surface area contributed by atoms with E-state index in [1.54, 1.807) is 0 Å². The molecule has 3 unspecified atom stereocenters. The zero-order valence-electron chi connectivity index (χ0n) is 11.6. The molecule has 1 saturated carbocycles. The first-order chi connectivity index (χ1) is 8.58. The van der Waals surface area contributed by atoms with E-state index in [1.165, 1.54) is 24.8 Å². The van der Waals surface area contributed by atoms with Crippen LogP contribution in [0.15, 0.2) is 24.3 Å². The quantitative estimate of drug-likeness (QED) is 0.827. The van der Waals surface area contributed by atoms with Gasteiger partial charge in [-0.3, -0.25) is 0 Å². The van der Waals surface area contributed by atoms with Crippen LogP contribution in [-0.4, -0.2) is 6.04 Å². The molecule has 1 N–H and O–H groups in total. The summed E-state index contributed by atoms with van der Waals surface area (Å²) < 4.78 is 0. The Bertz CT molecular complexity index is 390. The Hall–Kier alpha value is -0.530. The normalized spacial score (nSPS) is 30.1. The minimum absolute atomic E-state index is 0.330. The standard InChI is InChI=1S/C16H24ClN/c1-11-8-9-12(2)16(10-11)18-13(3)14-6-4-5-7-15(14)17/h4-7,11-13,16,18H,8-10H2,1-3H3/t11?,12?,13-,16?/m1/s1. The van der Waals surface area contributed by atoms with Crippen LogP contribution >= 0.6 is 11.6 Å². The van der Waals surface area contributed by atoms with Crippen LogP contribution in [0.4, 0.5) is 0 Å². The zero-order valence-corrected chi connectivity index (χ0v) is 12.4. The van der Waals surface area contributed by atoms with Crippen LogP contribution in [0, 0.1) is 11.8 Å². The highest BCUT2D eigenvalue weighted by molar-refractivity contribution is 6.31. The summed E-state index contributed by atoms with van der Waals surface area (Å²) in [6.07, 6.45) is 4.00. The van der Waals surface area contributed by atoms with Crippen molar-refractivity contribution in [2.75, 3.05) is 0 Å². The summed E-state index contributed by atoms with van der Waals surface area (Å²) in [5.41, 5.74) is 1.21. The number of hydrogen-bond donors (Lipinski definition) is 1. The van der Waals surface area contributed by atoms with Crippen molar-refractivity contribution in [1.82, 2.24) is 5.32 Å². The van der Waals surface area contributed by atoms with Gasteiger partial charge in [-0.05, 0) is 43.2 Å². The van der Waals surface area contributed by atoms with Gasteiger partial charge in [-0.1, -0.05) is 50.1 Å². The van der Waals surface area contributed by atoms with Crippen molar-refractivity contribution in [3.05, 3.63) is 34.9 Å². The van der Waals surface area contributed by atoms with E-state index >= 15 is 0 Å². The summed E-state index contributed by atoms with van der Waals surface area (Å²) in [5, 5.41) is 4.64. The van der Waals surface area contributed by atoms with Gasteiger partial charge in [-0.25, -0.2) is 0 Å². The van der Waals surface area contributed by atoms with Gasteiger partial charge < -0.3 is 5.32 Å². The molecular weight excluding hydrogens is 242 g/mol. The lowest BCUT2D eigenvalue weighted by Gasteiger charge is -2.35. The Morgan fingerprint density at radius 3 is 2.67 bits per heavy atom. The minimum Gasteiger partial charge on any atom is -0.307 e. The van der Waals surface area contributed by atoms with E-state index in [9.17, 15) is 0 Å². The van der Waals surface area contributed by atoms with Gasteiger partial charge in [0, 0.05) is 17.1 Å². The van der Waals surface area contributed by atoms with Gasteiger partial charge in [-0.15, -0.1) is 0 Å². The molecule has 0 aliphatic heterocycles. The summed E-state index contributed by atoms with van der Waals surface area (Å²) in [6, 6.07) is 9.10. The molecular formula is C16H24ClN. The third-order valence-electron chi connectivity index (χ3n) is 4.29. The first kappa shape index (κ1) is 13.9. The van der Waals surface area contributed by atoms with E-state index in [2.05, 4.69) is 38.2 Å². The Balaban J connectivity index is 2.02. The van der Waals surface area contributed by atoms with Crippen molar-refractivity contribution in [1.29, 1.82) is 0 Å². The summed E-state index contributed by atoms with van der Waals surface area (Å²) in [6.45, 7) is 6.94. The molecule has 2 heteroatoms. The maximum atomic E-state index is 6.26. The molecule has 2 rings (SSSR count). The maximum Gasteiger partial charge on any atom is 0.0453 e. The van der Waals surface area contributed by atoms with Gasteiger partial charge in [-0.2, -0.15) is 0 Å². The summed E-state index contributed by atoms with van der Waals surface area (Å²) in [7, 11) is 0. The lowest BCUT2D eigenvalue weighted by atomic mass is 9.79. The van der Waals surface area contributed by atoms with Crippen LogP contribution in [0.1, 0.15) is 51.6 Å². The van der Waals surface area contributed by atoms with E-state index in [-0.39, 0.29) is 0 Å². The second-order valence-corrected chi connectivity index (χ2v) is 6.32. The molecule has 1 aliphatic rings. The van der Waals surface area contributed by atoms with Crippen LogP contribution in [0.2, 0.25) is 5.02 Å². The fourth-order valence-corrected chi connectivity index (χ4v) is 3.30. The first-order valence-electron chi connectivity index (χ1n) is 7.08. The molecule has 1 fully saturated rings. The van der Waals surface area contributed by atoms with E-state index in [1.807, 2.05) is 12.1 Å². The Morgan fingerprint density at radius 2 is 1.94 bits per heavy atom. The highest BCUT2D eigenvalue weighted by atomic mass is 35.5. The van der Waals surface area contributed by atoms with E-state index in [0.717, 1.165) is 16.9 Å². The third-order valence-corrected chi connectivity index (χ3v) is 4.64. The van der Waals surface area contributed by atoms with E-state index < -0.39 is 0 Å². The predicted molar refractivity (Wildman–Crippen MR) is 79.0 cm³/mol. The van der Waals surface area contributed by atoms with Crippen molar-refractivity contribution in [3.8, 4) is 0 Å². The van der Waals surface area contributed by atoms with E-state index in [0.29, 0.717) is 12.1 Å². The predicted octanol–water partition coefficient (Wildman–Crippen LogP) is 4.82.